The van der Waals surface area contributed by atoms with Crippen LogP contribution in [0.2, 0.25) is 0 Å². The maximum atomic E-state index is 14.1. The van der Waals surface area contributed by atoms with E-state index in [4.69, 9.17) is 8.94 Å². The summed E-state index contributed by atoms with van der Waals surface area (Å²) < 4.78 is 39.2. The minimum atomic E-state index is -2.88. The Morgan fingerprint density at radius 2 is 1.60 bits per heavy atom. The van der Waals surface area contributed by atoms with Crippen LogP contribution in [0.1, 0.15) is 49.1 Å². The molecule has 0 spiro atoms. The van der Waals surface area contributed by atoms with Crippen LogP contribution < -0.4 is 10.6 Å². The molecule has 8 nitrogen and oxygen atoms in total. The summed E-state index contributed by atoms with van der Waals surface area (Å²) in [6, 6.07) is 16.7. The summed E-state index contributed by atoms with van der Waals surface area (Å²) in [6.07, 6.45) is 1.70. The predicted octanol–water partition coefficient (Wildman–Crippen LogP) is 5.78. The number of halogens is 2. The van der Waals surface area contributed by atoms with Gasteiger partial charge in [0.25, 0.3) is 5.91 Å². The Balaban J connectivity index is 1.23. The van der Waals surface area contributed by atoms with Gasteiger partial charge in [0.2, 0.25) is 11.8 Å². The van der Waals surface area contributed by atoms with Crippen LogP contribution >= 0.6 is 0 Å². The van der Waals surface area contributed by atoms with Crippen LogP contribution in [0.15, 0.2) is 74.7 Å². The molecule has 2 aliphatic carbocycles. The van der Waals surface area contributed by atoms with Crippen LogP contribution in [-0.2, 0) is 4.79 Å². The van der Waals surface area contributed by atoms with Gasteiger partial charge in [-0.15, -0.1) is 0 Å². The SMILES string of the molecule is C=NCC1(NC(=O)C2(NC(=O)c3cc4ccc(-c5ccc(-c6ccno6)cc5)cc4o3)CCC(F)(F)CC2)CC1. The fourth-order valence-corrected chi connectivity index (χ4v) is 5.29. The highest BCUT2D eigenvalue weighted by molar-refractivity contribution is 6.00. The number of furan rings is 1. The molecule has 0 atom stereocenters. The van der Waals surface area contributed by atoms with Crippen molar-refractivity contribution < 1.29 is 27.3 Å². The quantitative estimate of drug-likeness (QED) is 0.272. The lowest BCUT2D eigenvalue weighted by atomic mass is 9.78. The molecule has 2 aromatic carbocycles. The first-order valence-electron chi connectivity index (χ1n) is 13.2. The molecule has 2 saturated carbocycles. The maximum Gasteiger partial charge on any atom is 0.287 e. The zero-order chi connectivity index (χ0) is 28.0. The second-order valence-corrected chi connectivity index (χ2v) is 10.8. The Morgan fingerprint density at radius 3 is 2.25 bits per heavy atom. The largest absolute Gasteiger partial charge is 0.451 e. The van der Waals surface area contributed by atoms with E-state index in [0.29, 0.717) is 23.3 Å². The number of aliphatic imine (C=N–C) groups is 1. The molecule has 10 heteroatoms. The van der Waals surface area contributed by atoms with Gasteiger partial charge in [0.05, 0.1) is 18.3 Å². The third kappa shape index (κ3) is 5.01. The summed E-state index contributed by atoms with van der Waals surface area (Å²) in [5.41, 5.74) is 1.23. The number of rotatable bonds is 8. The first kappa shape index (κ1) is 25.9. The minimum Gasteiger partial charge on any atom is -0.451 e. The number of alkyl halides is 2. The van der Waals surface area contributed by atoms with Crippen LogP contribution in [0, 0.1) is 0 Å². The molecule has 4 aromatic rings. The third-order valence-electron chi connectivity index (χ3n) is 7.95. The van der Waals surface area contributed by atoms with Crippen LogP contribution in [0.4, 0.5) is 8.78 Å². The third-order valence-corrected chi connectivity index (χ3v) is 7.95. The standard InChI is InChI=1S/C30H28F2N4O4/c1-33-18-28(9-10-28)36-27(38)29(11-13-30(31,32)14-12-29)35-26(37)25-17-22-7-6-21(16-24(22)39-25)19-2-4-20(5-3-19)23-8-15-34-40-23/h2-8,15-17H,1,9-14,18H2,(H,35,37)(H,36,38). The monoisotopic (exact) mass is 546 g/mol. The number of carbonyl (C=O) groups excluding carboxylic acids is 2. The van der Waals surface area contributed by atoms with E-state index in [-0.39, 0.29) is 18.6 Å². The number of benzene rings is 2. The maximum absolute atomic E-state index is 14.1. The molecule has 2 aromatic heterocycles. The summed E-state index contributed by atoms with van der Waals surface area (Å²) in [6.45, 7) is 3.84. The lowest BCUT2D eigenvalue weighted by Crippen LogP contribution is -2.63. The highest BCUT2D eigenvalue weighted by Crippen LogP contribution is 2.41. The van der Waals surface area contributed by atoms with Gasteiger partial charge in [0.15, 0.2) is 11.5 Å². The van der Waals surface area contributed by atoms with E-state index in [9.17, 15) is 18.4 Å². The molecule has 2 amide bonds. The molecular weight excluding hydrogens is 518 g/mol. The normalized spacial score (nSPS) is 18.6. The molecule has 206 valence electrons. The van der Waals surface area contributed by atoms with E-state index in [1.807, 2.05) is 42.5 Å². The number of fused-ring (bicyclic) bond motifs is 1. The van der Waals surface area contributed by atoms with Crippen molar-refractivity contribution >= 4 is 29.5 Å². The molecule has 40 heavy (non-hydrogen) atoms. The molecule has 6 rings (SSSR count). The van der Waals surface area contributed by atoms with Crippen molar-refractivity contribution in [3.8, 4) is 22.5 Å². The van der Waals surface area contributed by atoms with Crippen molar-refractivity contribution in [3.05, 3.63) is 66.6 Å². The summed E-state index contributed by atoms with van der Waals surface area (Å²) >= 11 is 0. The second-order valence-electron chi connectivity index (χ2n) is 10.8. The van der Waals surface area contributed by atoms with E-state index in [2.05, 4.69) is 27.5 Å². The number of amides is 2. The topological polar surface area (TPSA) is 110 Å². The van der Waals surface area contributed by atoms with Gasteiger partial charge in [-0.2, -0.15) is 0 Å². The highest BCUT2D eigenvalue weighted by Gasteiger charge is 2.53. The van der Waals surface area contributed by atoms with Gasteiger partial charge in [-0.25, -0.2) is 8.78 Å². The smallest absolute Gasteiger partial charge is 0.287 e. The van der Waals surface area contributed by atoms with E-state index in [1.54, 1.807) is 18.3 Å². The first-order chi connectivity index (χ1) is 19.2. The summed E-state index contributed by atoms with van der Waals surface area (Å²) in [4.78, 5) is 30.7. The van der Waals surface area contributed by atoms with Crippen molar-refractivity contribution in [3.63, 3.8) is 0 Å². The minimum absolute atomic E-state index is 0.00576. The first-order valence-corrected chi connectivity index (χ1v) is 13.2. The number of nitrogens with zero attached hydrogens (tertiary/aromatic N) is 2. The molecule has 2 N–H and O–H groups in total. The highest BCUT2D eigenvalue weighted by atomic mass is 19.3. The Labute approximate surface area is 228 Å². The Kier molecular flexibility index (Phi) is 6.28. The molecule has 2 heterocycles. The van der Waals surface area contributed by atoms with Crippen molar-refractivity contribution in [2.75, 3.05) is 6.54 Å². The lowest BCUT2D eigenvalue weighted by molar-refractivity contribution is -0.133. The van der Waals surface area contributed by atoms with Crippen LogP contribution in [0.5, 0.6) is 0 Å². The van der Waals surface area contributed by atoms with Gasteiger partial charge in [-0.05, 0) is 55.7 Å². The number of hydrogen-bond donors (Lipinski definition) is 2. The number of nitrogens with one attached hydrogen (secondary N) is 2. The molecule has 2 aliphatic rings. The molecule has 2 fully saturated rings. The van der Waals surface area contributed by atoms with E-state index >= 15 is 0 Å². The van der Waals surface area contributed by atoms with Crippen LogP contribution in [0.3, 0.4) is 0 Å². The lowest BCUT2D eigenvalue weighted by Gasteiger charge is -2.40. The average Bonchev–Trinajstić information content (AvgIpc) is 3.32. The summed E-state index contributed by atoms with van der Waals surface area (Å²) in [7, 11) is 0. The molecular formula is C30H28F2N4O4. The van der Waals surface area contributed by atoms with Crippen molar-refractivity contribution in [2.24, 2.45) is 4.99 Å². The van der Waals surface area contributed by atoms with Gasteiger partial charge in [0, 0.05) is 29.9 Å². The van der Waals surface area contributed by atoms with Gasteiger partial charge in [-0.1, -0.05) is 41.6 Å². The Bertz CT molecular complexity index is 1560. The Hall–Kier alpha value is -4.34. The van der Waals surface area contributed by atoms with Crippen molar-refractivity contribution in [1.29, 1.82) is 0 Å². The number of hydrogen-bond acceptors (Lipinski definition) is 6. The van der Waals surface area contributed by atoms with E-state index in [1.165, 1.54) is 0 Å². The average molecular weight is 547 g/mol. The van der Waals surface area contributed by atoms with Gasteiger partial charge in [0.1, 0.15) is 11.1 Å². The molecule has 0 aliphatic heterocycles. The van der Waals surface area contributed by atoms with Crippen molar-refractivity contribution in [2.45, 2.75) is 55.5 Å². The molecule has 0 radical (unpaired) electrons. The summed E-state index contributed by atoms with van der Waals surface area (Å²) in [5, 5.41) is 10.2. The fourth-order valence-electron chi connectivity index (χ4n) is 5.29. The van der Waals surface area contributed by atoms with E-state index in [0.717, 1.165) is 29.5 Å². The summed E-state index contributed by atoms with van der Waals surface area (Å²) in [5.74, 6) is -3.30. The second kappa shape index (κ2) is 9.69. The zero-order valence-corrected chi connectivity index (χ0v) is 21.7. The van der Waals surface area contributed by atoms with E-state index < -0.39 is 41.7 Å². The zero-order valence-electron chi connectivity index (χ0n) is 21.7. The molecule has 0 bridgehead atoms. The van der Waals surface area contributed by atoms with Crippen molar-refractivity contribution in [1.82, 2.24) is 15.8 Å². The predicted molar refractivity (Wildman–Crippen MR) is 145 cm³/mol. The van der Waals surface area contributed by atoms with Gasteiger partial charge >= 0.3 is 0 Å². The number of aromatic nitrogens is 1. The van der Waals surface area contributed by atoms with Crippen LogP contribution in [0.25, 0.3) is 33.4 Å². The van der Waals surface area contributed by atoms with Gasteiger partial charge in [-0.3, -0.25) is 14.6 Å². The fraction of sp³-hybridized carbons (Fsp3) is 0.333. The molecule has 0 unspecified atom stereocenters. The Morgan fingerprint density at radius 1 is 0.900 bits per heavy atom. The van der Waals surface area contributed by atoms with Gasteiger partial charge < -0.3 is 19.6 Å². The number of carbonyl (C=O) groups is 2. The molecule has 0 saturated heterocycles. The van der Waals surface area contributed by atoms with Crippen LogP contribution in [-0.4, -0.2) is 47.2 Å².